The van der Waals surface area contributed by atoms with E-state index in [1.807, 2.05) is 121 Å². The number of methoxy groups -OCH3 is 1. The van der Waals surface area contributed by atoms with Gasteiger partial charge >= 0.3 is 12.1 Å². The molecule has 0 aliphatic carbocycles. The maximum atomic E-state index is 13.1. The van der Waals surface area contributed by atoms with Crippen molar-refractivity contribution in [3.8, 4) is 0 Å². The number of amides is 1. The van der Waals surface area contributed by atoms with E-state index in [1.54, 1.807) is 20.8 Å². The van der Waals surface area contributed by atoms with Crippen LogP contribution >= 0.6 is 0 Å². The van der Waals surface area contributed by atoms with Gasteiger partial charge in [-0.15, -0.1) is 0 Å². The number of carbonyl (C=O) groups is 2. The zero-order valence-electron chi connectivity index (χ0n) is 32.5. The van der Waals surface area contributed by atoms with Gasteiger partial charge in [0, 0.05) is 0 Å². The first-order chi connectivity index (χ1) is 27.1. The van der Waals surface area contributed by atoms with Crippen molar-refractivity contribution in [2.75, 3.05) is 20.3 Å². The van der Waals surface area contributed by atoms with Gasteiger partial charge in [0.05, 0.1) is 46.8 Å². The molecule has 298 valence electrons. The molecule has 0 aromatic heterocycles. The van der Waals surface area contributed by atoms with E-state index in [1.165, 1.54) is 13.2 Å². The molecule has 4 aromatic rings. The lowest BCUT2D eigenvalue weighted by molar-refractivity contribution is -0.364. The fourth-order valence-corrected chi connectivity index (χ4v) is 6.18. The summed E-state index contributed by atoms with van der Waals surface area (Å²) in [6.07, 6.45) is -2.74. The average Bonchev–Trinajstić information content (AvgIpc) is 3.21. The second kappa shape index (κ2) is 20.9. The molecule has 1 saturated heterocycles. The smallest absolute Gasteiger partial charge is 0.408 e. The molecule has 1 heterocycles. The van der Waals surface area contributed by atoms with E-state index < -0.39 is 60.5 Å². The highest BCUT2D eigenvalue weighted by molar-refractivity contribution is 5.81. The van der Waals surface area contributed by atoms with E-state index in [0.717, 1.165) is 22.3 Å². The van der Waals surface area contributed by atoms with Crippen LogP contribution in [0.2, 0.25) is 0 Å². The summed E-state index contributed by atoms with van der Waals surface area (Å²) >= 11 is 0. The van der Waals surface area contributed by atoms with E-state index in [9.17, 15) is 9.59 Å². The molecule has 4 aromatic carbocycles. The molecule has 1 amide bonds. The van der Waals surface area contributed by atoms with Crippen molar-refractivity contribution in [3.05, 3.63) is 156 Å². The van der Waals surface area contributed by atoms with Gasteiger partial charge in [-0.1, -0.05) is 128 Å². The first-order valence-corrected chi connectivity index (χ1v) is 18.7. The molecule has 5 rings (SSSR count). The Hall–Kier alpha value is -4.88. The van der Waals surface area contributed by atoms with Crippen LogP contribution in [0.5, 0.6) is 0 Å². The summed E-state index contributed by atoms with van der Waals surface area (Å²) in [5, 5.41) is 2.57. The fourth-order valence-electron chi connectivity index (χ4n) is 6.18. The van der Waals surface area contributed by atoms with Crippen molar-refractivity contribution in [2.24, 2.45) is 0 Å². The van der Waals surface area contributed by atoms with E-state index in [2.05, 4.69) is 11.9 Å². The predicted molar refractivity (Wildman–Crippen MR) is 210 cm³/mol. The Morgan fingerprint density at radius 3 is 1.66 bits per heavy atom. The van der Waals surface area contributed by atoms with Crippen LogP contribution in [0.3, 0.4) is 0 Å². The zero-order chi connectivity index (χ0) is 39.8. The van der Waals surface area contributed by atoms with Crippen LogP contribution in [0.4, 0.5) is 4.79 Å². The van der Waals surface area contributed by atoms with Gasteiger partial charge in [-0.25, -0.2) is 9.59 Å². The summed E-state index contributed by atoms with van der Waals surface area (Å²) in [6, 6.07) is 37.8. The lowest BCUT2D eigenvalue weighted by Gasteiger charge is -2.51. The van der Waals surface area contributed by atoms with Crippen molar-refractivity contribution in [2.45, 2.75) is 89.0 Å². The Labute approximate surface area is 329 Å². The Morgan fingerprint density at radius 2 is 1.20 bits per heavy atom. The highest BCUT2D eigenvalue weighted by Gasteiger charge is 2.57. The minimum atomic E-state index is -1.76. The number of hydrogen-bond donors (Lipinski definition) is 1. The SMILES string of the molecule is C=C[C@]1(OC[C@H](NC(=O)OC(C)(C)C)C(=O)OC)O[C@H](COCc2ccccc2)[C@@H](OCc2ccccc2)[C@H](OCc2ccccc2)[C@H]1OCc1ccccc1. The maximum Gasteiger partial charge on any atom is 0.408 e. The van der Waals surface area contributed by atoms with Crippen LogP contribution in [0.1, 0.15) is 43.0 Å². The number of benzene rings is 4. The summed E-state index contributed by atoms with van der Waals surface area (Å²) in [6.45, 7) is 9.89. The van der Waals surface area contributed by atoms with E-state index in [-0.39, 0.29) is 26.4 Å². The van der Waals surface area contributed by atoms with Gasteiger partial charge in [0.2, 0.25) is 5.79 Å². The number of rotatable bonds is 19. The first kappa shape index (κ1) is 42.3. The molecule has 1 aliphatic rings. The van der Waals surface area contributed by atoms with Crippen LogP contribution in [0.15, 0.2) is 134 Å². The average molecular weight is 768 g/mol. The van der Waals surface area contributed by atoms with Crippen molar-refractivity contribution in [3.63, 3.8) is 0 Å². The molecule has 0 bridgehead atoms. The molecule has 0 unspecified atom stereocenters. The molecule has 11 nitrogen and oxygen atoms in total. The molecular weight excluding hydrogens is 714 g/mol. The summed E-state index contributed by atoms with van der Waals surface area (Å²) in [4.78, 5) is 26.0. The number of nitrogens with one attached hydrogen (secondary N) is 1. The fraction of sp³-hybridized carbons (Fsp3) is 0.378. The quantitative estimate of drug-likeness (QED) is 0.0768. The highest BCUT2D eigenvalue weighted by Crippen LogP contribution is 2.39. The molecule has 0 saturated carbocycles. The number of carbonyl (C=O) groups excluding carboxylic acids is 2. The number of ether oxygens (including phenoxy) is 8. The van der Waals surface area contributed by atoms with Crippen molar-refractivity contribution >= 4 is 12.1 Å². The molecular formula is C45H53NO10. The normalized spacial score (nSPS) is 21.4. The molecule has 56 heavy (non-hydrogen) atoms. The van der Waals surface area contributed by atoms with Gasteiger partial charge in [-0.2, -0.15) is 0 Å². The Morgan fingerprint density at radius 1 is 0.732 bits per heavy atom. The molecule has 11 heteroatoms. The second-order valence-corrected chi connectivity index (χ2v) is 14.4. The number of alkyl carbamates (subject to hydrolysis) is 1. The predicted octanol–water partition coefficient (Wildman–Crippen LogP) is 7.32. The van der Waals surface area contributed by atoms with Crippen LogP contribution in [-0.4, -0.2) is 74.2 Å². The minimum Gasteiger partial charge on any atom is -0.467 e. The summed E-state index contributed by atoms with van der Waals surface area (Å²) < 4.78 is 50.6. The summed E-state index contributed by atoms with van der Waals surface area (Å²) in [5.74, 6) is -2.51. The van der Waals surface area contributed by atoms with E-state index >= 15 is 0 Å². The third-order valence-corrected chi connectivity index (χ3v) is 8.89. The standard InChI is InChI=1S/C45H53NO10/c1-6-45(54-31-37(42(47)49-5)46-43(48)56-44(2,3)4)41(53-30-36-25-17-10-18-26-36)40(52-29-35-23-15-9-16-24-35)39(51-28-34-21-13-8-14-22-34)38(55-45)32-50-27-33-19-11-7-12-20-33/h6-26,37-41H,1,27-32H2,2-5H3,(H,46,48)/t37-,38+,39+,40-,41+,45-/m0/s1. The van der Waals surface area contributed by atoms with Crippen molar-refractivity contribution in [1.82, 2.24) is 5.32 Å². The Kier molecular flexibility index (Phi) is 15.8. The van der Waals surface area contributed by atoms with Crippen LogP contribution < -0.4 is 5.32 Å². The molecule has 1 N–H and O–H groups in total. The first-order valence-electron chi connectivity index (χ1n) is 18.7. The highest BCUT2D eigenvalue weighted by atomic mass is 16.7. The molecule has 1 aliphatic heterocycles. The maximum absolute atomic E-state index is 13.1. The van der Waals surface area contributed by atoms with Crippen molar-refractivity contribution in [1.29, 1.82) is 0 Å². The Balaban J connectivity index is 1.53. The monoisotopic (exact) mass is 767 g/mol. The molecule has 0 spiro atoms. The third kappa shape index (κ3) is 12.6. The summed E-state index contributed by atoms with van der Waals surface area (Å²) in [7, 11) is 1.22. The van der Waals surface area contributed by atoms with Gasteiger partial charge in [0.25, 0.3) is 0 Å². The summed E-state index contributed by atoms with van der Waals surface area (Å²) in [5.41, 5.74) is 2.93. The van der Waals surface area contributed by atoms with Gasteiger partial charge < -0.3 is 43.2 Å². The Bertz CT molecular complexity index is 1770. The second-order valence-electron chi connectivity index (χ2n) is 14.4. The largest absolute Gasteiger partial charge is 0.467 e. The van der Waals surface area contributed by atoms with Crippen LogP contribution in [-0.2, 0) is 69.1 Å². The lowest BCUT2D eigenvalue weighted by atomic mass is 9.91. The lowest BCUT2D eigenvalue weighted by Crippen LogP contribution is -2.68. The minimum absolute atomic E-state index is 0.0699. The molecule has 6 atom stereocenters. The number of hydrogen-bond acceptors (Lipinski definition) is 10. The van der Waals surface area contributed by atoms with Gasteiger partial charge in [-0.3, -0.25) is 0 Å². The molecule has 0 radical (unpaired) electrons. The van der Waals surface area contributed by atoms with Gasteiger partial charge in [0.15, 0.2) is 6.04 Å². The van der Waals surface area contributed by atoms with E-state index in [0.29, 0.717) is 6.61 Å². The number of esters is 1. The van der Waals surface area contributed by atoms with Crippen molar-refractivity contribution < 1.29 is 47.5 Å². The van der Waals surface area contributed by atoms with Gasteiger partial charge in [-0.05, 0) is 49.1 Å². The molecule has 1 fully saturated rings. The topological polar surface area (TPSA) is 120 Å². The third-order valence-electron chi connectivity index (χ3n) is 8.89. The van der Waals surface area contributed by atoms with Crippen LogP contribution in [0, 0.1) is 0 Å². The van der Waals surface area contributed by atoms with E-state index in [4.69, 9.17) is 37.9 Å². The van der Waals surface area contributed by atoms with Crippen LogP contribution in [0.25, 0.3) is 0 Å². The van der Waals surface area contributed by atoms with Gasteiger partial charge in [0.1, 0.15) is 30.0 Å². The zero-order valence-corrected chi connectivity index (χ0v) is 32.5.